The number of piperazine rings is 1. The van der Waals surface area contributed by atoms with E-state index in [0.29, 0.717) is 11.3 Å². The van der Waals surface area contributed by atoms with Gasteiger partial charge in [0.05, 0.1) is 11.7 Å². The van der Waals surface area contributed by atoms with Gasteiger partial charge in [-0.05, 0) is 44.5 Å². The lowest BCUT2D eigenvalue weighted by atomic mass is 9.91. The second-order valence-electron chi connectivity index (χ2n) is 8.50. The number of allylic oxidation sites excluding steroid dienone is 1. The van der Waals surface area contributed by atoms with Crippen molar-refractivity contribution in [3.8, 4) is 0 Å². The second kappa shape index (κ2) is 8.82. The average Bonchev–Trinajstić information content (AvgIpc) is 3.17. The van der Waals surface area contributed by atoms with Gasteiger partial charge in [-0.25, -0.2) is 0 Å². The molecule has 1 aliphatic carbocycles. The molecular formula is C23H29ClN4O2. The van der Waals surface area contributed by atoms with Crippen molar-refractivity contribution < 1.29 is 9.59 Å². The highest BCUT2D eigenvalue weighted by atomic mass is 35.5. The second-order valence-corrected chi connectivity index (χ2v) is 8.98. The number of nitrogens with zero attached hydrogens (tertiary/aromatic N) is 2. The number of carbonyl (C=O) groups excluding carboxylic acids is 2. The van der Waals surface area contributed by atoms with Crippen LogP contribution in [0.25, 0.3) is 0 Å². The van der Waals surface area contributed by atoms with Crippen molar-refractivity contribution in [2.75, 3.05) is 33.2 Å². The lowest BCUT2D eigenvalue weighted by Gasteiger charge is -2.32. The van der Waals surface area contributed by atoms with Crippen molar-refractivity contribution in [2.24, 2.45) is 5.92 Å². The van der Waals surface area contributed by atoms with Gasteiger partial charge in [0.15, 0.2) is 0 Å². The maximum Gasteiger partial charge on any atom is 0.267 e. The molecule has 3 aliphatic rings. The van der Waals surface area contributed by atoms with Crippen molar-refractivity contribution in [3.05, 3.63) is 58.3 Å². The third kappa shape index (κ3) is 4.55. The highest BCUT2D eigenvalue weighted by molar-refractivity contribution is 6.29. The highest BCUT2D eigenvalue weighted by Crippen LogP contribution is 2.32. The molecule has 2 amide bonds. The van der Waals surface area contributed by atoms with Crippen molar-refractivity contribution in [1.82, 2.24) is 20.4 Å². The Morgan fingerprint density at radius 1 is 1.17 bits per heavy atom. The molecule has 0 spiro atoms. The van der Waals surface area contributed by atoms with E-state index in [4.69, 9.17) is 11.6 Å². The van der Waals surface area contributed by atoms with E-state index in [1.165, 1.54) is 0 Å². The quantitative estimate of drug-likeness (QED) is 0.773. The molecule has 3 atom stereocenters. The Labute approximate surface area is 182 Å². The van der Waals surface area contributed by atoms with Gasteiger partial charge in [-0.2, -0.15) is 0 Å². The van der Waals surface area contributed by atoms with Crippen molar-refractivity contribution in [2.45, 2.75) is 31.8 Å². The molecular weight excluding hydrogens is 400 g/mol. The Morgan fingerprint density at radius 2 is 1.87 bits per heavy atom. The molecule has 0 aromatic heterocycles. The zero-order chi connectivity index (χ0) is 21.3. The number of benzene rings is 1. The Morgan fingerprint density at radius 3 is 2.57 bits per heavy atom. The molecule has 1 aromatic carbocycles. The first kappa shape index (κ1) is 20.9. The maximum atomic E-state index is 12.7. The molecule has 6 nitrogen and oxygen atoms in total. The SMILES string of the molecule is CC(NC(=O)C1=CC2CC(Cl)=CCC2N1)c1ccc(C(=O)N2CCN(C)CC2)cc1. The van der Waals surface area contributed by atoms with Crippen LogP contribution in [-0.2, 0) is 4.79 Å². The molecule has 160 valence electrons. The van der Waals surface area contributed by atoms with E-state index < -0.39 is 0 Å². The lowest BCUT2D eigenvalue weighted by Crippen LogP contribution is -2.47. The summed E-state index contributed by atoms with van der Waals surface area (Å²) in [6.45, 7) is 5.28. The first-order valence-electron chi connectivity index (χ1n) is 10.6. The molecule has 0 radical (unpaired) electrons. The van der Waals surface area contributed by atoms with Crippen LogP contribution in [-0.4, -0.2) is 60.9 Å². The molecule has 4 rings (SSSR count). The Bertz CT molecular complexity index is 872. The van der Waals surface area contributed by atoms with Crippen molar-refractivity contribution >= 4 is 23.4 Å². The van der Waals surface area contributed by atoms with Crippen LogP contribution in [0.2, 0.25) is 0 Å². The van der Waals surface area contributed by atoms with Crippen LogP contribution in [0.3, 0.4) is 0 Å². The molecule has 7 heteroatoms. The molecule has 2 aliphatic heterocycles. The summed E-state index contributed by atoms with van der Waals surface area (Å²) in [6, 6.07) is 7.66. The van der Waals surface area contributed by atoms with E-state index in [9.17, 15) is 9.59 Å². The van der Waals surface area contributed by atoms with Crippen molar-refractivity contribution in [1.29, 1.82) is 0 Å². The number of nitrogens with one attached hydrogen (secondary N) is 2. The number of rotatable bonds is 4. The number of carbonyl (C=O) groups is 2. The number of likely N-dealkylation sites (N-methyl/N-ethyl adjacent to an activating group) is 1. The molecule has 1 fully saturated rings. The van der Waals surface area contributed by atoms with Gasteiger partial charge in [0.25, 0.3) is 11.8 Å². The van der Waals surface area contributed by atoms with Crippen LogP contribution < -0.4 is 10.6 Å². The summed E-state index contributed by atoms with van der Waals surface area (Å²) in [5, 5.41) is 7.25. The van der Waals surface area contributed by atoms with Crippen LogP contribution in [0, 0.1) is 5.92 Å². The van der Waals surface area contributed by atoms with E-state index in [2.05, 4.69) is 22.6 Å². The number of amides is 2. The van der Waals surface area contributed by atoms with E-state index in [1.807, 2.05) is 48.2 Å². The maximum absolute atomic E-state index is 12.7. The molecule has 0 saturated carbocycles. The zero-order valence-electron chi connectivity index (χ0n) is 17.5. The molecule has 2 heterocycles. The Hall–Kier alpha value is -2.31. The number of halogens is 1. The standard InChI is InChI=1S/C23H29ClN4O2/c1-15(25-22(29)21-14-18-13-19(24)7-8-20(18)26-21)16-3-5-17(6-4-16)23(30)28-11-9-27(2)10-12-28/h3-7,14-15,18,20,26H,8-13H2,1-2H3,(H,25,29). The molecule has 1 saturated heterocycles. The molecule has 3 unspecified atom stereocenters. The summed E-state index contributed by atoms with van der Waals surface area (Å²) in [6.07, 6.45) is 5.65. The monoisotopic (exact) mass is 428 g/mol. The van der Waals surface area contributed by atoms with E-state index in [1.54, 1.807) is 0 Å². The summed E-state index contributed by atoms with van der Waals surface area (Å²) < 4.78 is 0. The van der Waals surface area contributed by atoms with Gasteiger partial charge in [0.2, 0.25) is 0 Å². The smallest absolute Gasteiger partial charge is 0.267 e. The molecule has 30 heavy (non-hydrogen) atoms. The topological polar surface area (TPSA) is 64.7 Å². The first-order chi connectivity index (χ1) is 14.4. The number of fused-ring (bicyclic) bond motifs is 1. The molecule has 2 N–H and O–H groups in total. The zero-order valence-corrected chi connectivity index (χ0v) is 18.3. The fourth-order valence-corrected chi connectivity index (χ4v) is 4.56. The Kier molecular flexibility index (Phi) is 6.16. The van der Waals surface area contributed by atoms with Gasteiger partial charge in [-0.3, -0.25) is 9.59 Å². The van der Waals surface area contributed by atoms with E-state index in [0.717, 1.165) is 49.6 Å². The Balaban J connectivity index is 1.34. The van der Waals surface area contributed by atoms with Gasteiger partial charge in [0.1, 0.15) is 0 Å². The minimum absolute atomic E-state index is 0.0709. The summed E-state index contributed by atoms with van der Waals surface area (Å²) in [5.41, 5.74) is 2.29. The van der Waals surface area contributed by atoms with Crippen LogP contribution in [0.1, 0.15) is 41.7 Å². The van der Waals surface area contributed by atoms with Gasteiger partial charge in [-0.15, -0.1) is 0 Å². The van der Waals surface area contributed by atoms with Gasteiger partial charge < -0.3 is 20.4 Å². The minimum Gasteiger partial charge on any atom is -0.377 e. The fourth-order valence-electron chi connectivity index (χ4n) is 4.29. The number of hydrogen-bond donors (Lipinski definition) is 2. The van der Waals surface area contributed by atoms with Crippen LogP contribution >= 0.6 is 11.6 Å². The summed E-state index contributed by atoms with van der Waals surface area (Å²) in [4.78, 5) is 29.5. The predicted octanol–water partition coefficient (Wildman–Crippen LogP) is 2.64. The van der Waals surface area contributed by atoms with Gasteiger partial charge in [0, 0.05) is 48.7 Å². The summed E-state index contributed by atoms with van der Waals surface area (Å²) in [7, 11) is 2.07. The van der Waals surface area contributed by atoms with Gasteiger partial charge >= 0.3 is 0 Å². The largest absolute Gasteiger partial charge is 0.377 e. The minimum atomic E-state index is -0.155. The summed E-state index contributed by atoms with van der Waals surface area (Å²) in [5.74, 6) is 0.241. The van der Waals surface area contributed by atoms with Crippen molar-refractivity contribution in [3.63, 3.8) is 0 Å². The average molecular weight is 429 g/mol. The van der Waals surface area contributed by atoms with Crippen LogP contribution in [0.5, 0.6) is 0 Å². The van der Waals surface area contributed by atoms with Crippen LogP contribution in [0.15, 0.2) is 47.1 Å². The third-order valence-corrected chi connectivity index (χ3v) is 6.61. The third-order valence-electron chi connectivity index (χ3n) is 6.30. The molecule has 0 bridgehead atoms. The first-order valence-corrected chi connectivity index (χ1v) is 11.0. The van der Waals surface area contributed by atoms with Gasteiger partial charge in [-0.1, -0.05) is 35.9 Å². The normalized spacial score (nSPS) is 25.0. The molecule has 1 aromatic rings. The number of hydrogen-bond acceptors (Lipinski definition) is 4. The predicted molar refractivity (Wildman–Crippen MR) is 118 cm³/mol. The van der Waals surface area contributed by atoms with Crippen LogP contribution in [0.4, 0.5) is 0 Å². The van der Waals surface area contributed by atoms with E-state index >= 15 is 0 Å². The highest BCUT2D eigenvalue weighted by Gasteiger charge is 2.32. The fraction of sp³-hybridized carbons (Fsp3) is 0.478. The lowest BCUT2D eigenvalue weighted by molar-refractivity contribution is -0.118. The summed E-state index contributed by atoms with van der Waals surface area (Å²) >= 11 is 6.14. The van der Waals surface area contributed by atoms with E-state index in [-0.39, 0.29) is 29.8 Å².